The summed E-state index contributed by atoms with van der Waals surface area (Å²) in [5.74, 6) is 2.49. The Labute approximate surface area is 205 Å². The Hall–Kier alpha value is -0.340. The first kappa shape index (κ1) is 25.7. The van der Waals surface area contributed by atoms with Crippen LogP contribution in [-0.4, -0.2) is 22.9 Å². The van der Waals surface area contributed by atoms with Crippen molar-refractivity contribution < 1.29 is 10.2 Å². The first-order valence-corrected chi connectivity index (χ1v) is 14.3. The Morgan fingerprint density at radius 3 is 2.24 bits per heavy atom. The lowest BCUT2D eigenvalue weighted by Crippen LogP contribution is -2.62. The van der Waals surface area contributed by atoms with Crippen LogP contribution in [0.1, 0.15) is 119 Å². The molecule has 4 aliphatic rings. The lowest BCUT2D eigenvalue weighted by molar-refractivity contribution is -0.211. The smallest absolute Gasteiger partial charge is 0.0594 e. The average Bonchev–Trinajstić information content (AvgIpc) is 3.13. The summed E-state index contributed by atoms with van der Waals surface area (Å²) in [6.07, 6.45) is 13.2. The zero-order valence-corrected chi connectivity index (χ0v) is 23.0. The summed E-state index contributed by atoms with van der Waals surface area (Å²) in [5.41, 5.74) is 2.42. The summed E-state index contributed by atoms with van der Waals surface area (Å²) in [5, 5.41) is 21.5. The molecule has 0 heterocycles. The van der Waals surface area contributed by atoms with Crippen molar-refractivity contribution in [1.82, 2.24) is 0 Å². The minimum absolute atomic E-state index is 0.0103. The van der Waals surface area contributed by atoms with E-state index in [9.17, 15) is 10.2 Å². The van der Waals surface area contributed by atoms with Crippen LogP contribution in [0.25, 0.3) is 0 Å². The van der Waals surface area contributed by atoms with E-state index in [0.717, 1.165) is 6.42 Å². The van der Waals surface area contributed by atoms with Crippen molar-refractivity contribution in [3.8, 4) is 0 Å². The monoisotopic (exact) mass is 458 g/mol. The largest absolute Gasteiger partial charge is 0.396 e. The summed E-state index contributed by atoms with van der Waals surface area (Å²) < 4.78 is 0. The number of fused-ring (bicyclic) bond motifs is 2. The van der Waals surface area contributed by atoms with Gasteiger partial charge in [-0.25, -0.2) is 0 Å². The number of hydrogen-bond donors (Lipinski definition) is 2. The molecule has 0 aliphatic heterocycles. The second-order valence-corrected chi connectivity index (χ2v) is 14.6. The number of rotatable bonds is 5. The van der Waals surface area contributed by atoms with Crippen molar-refractivity contribution in [1.29, 1.82) is 0 Å². The minimum atomic E-state index is -0.160. The molecule has 0 bridgehead atoms. The van der Waals surface area contributed by atoms with Gasteiger partial charge in [0.1, 0.15) is 0 Å². The van der Waals surface area contributed by atoms with Crippen LogP contribution >= 0.6 is 0 Å². The third-order valence-corrected chi connectivity index (χ3v) is 13.0. The molecule has 2 nitrogen and oxygen atoms in total. The second-order valence-electron chi connectivity index (χ2n) is 14.6. The first-order chi connectivity index (χ1) is 15.3. The maximum absolute atomic E-state index is 10.9. The summed E-state index contributed by atoms with van der Waals surface area (Å²) >= 11 is 0. The molecular formula is C31H54O2. The van der Waals surface area contributed by atoms with Crippen LogP contribution < -0.4 is 0 Å². The van der Waals surface area contributed by atoms with Crippen LogP contribution in [0.15, 0.2) is 12.2 Å². The van der Waals surface area contributed by atoms with E-state index in [1.165, 1.54) is 69.8 Å². The normalized spacial score (nSPS) is 51.6. The second kappa shape index (κ2) is 8.36. The molecule has 0 spiro atoms. The van der Waals surface area contributed by atoms with Crippen molar-refractivity contribution in [2.24, 2.45) is 50.7 Å². The van der Waals surface area contributed by atoms with Gasteiger partial charge < -0.3 is 10.2 Å². The van der Waals surface area contributed by atoms with E-state index in [1.54, 1.807) is 0 Å². The van der Waals surface area contributed by atoms with Gasteiger partial charge in [0.15, 0.2) is 0 Å². The van der Waals surface area contributed by atoms with Gasteiger partial charge in [-0.15, -0.1) is 0 Å². The van der Waals surface area contributed by atoms with E-state index in [2.05, 4.69) is 55.0 Å². The van der Waals surface area contributed by atoms with Crippen molar-refractivity contribution in [2.75, 3.05) is 6.61 Å². The van der Waals surface area contributed by atoms with Crippen LogP contribution in [0.2, 0.25) is 0 Å². The molecule has 33 heavy (non-hydrogen) atoms. The van der Waals surface area contributed by atoms with Crippen LogP contribution in [0.5, 0.6) is 0 Å². The SMILES string of the molecule is C=C(C)[C@@H]1CC[C@]2(CO)CC[C@@](C)([C@]3(C)CC[C@H]4C(C)(C)[C@@H](O)CC[C@]4(C)[C@H]3CCC)C[C@@H]12. The lowest BCUT2D eigenvalue weighted by Gasteiger charge is -2.68. The van der Waals surface area contributed by atoms with Crippen molar-refractivity contribution in [3.63, 3.8) is 0 Å². The molecule has 2 heteroatoms. The minimum Gasteiger partial charge on any atom is -0.396 e. The Balaban J connectivity index is 1.72. The molecular weight excluding hydrogens is 404 g/mol. The number of allylic oxidation sites excluding steroid dienone is 1. The molecule has 0 radical (unpaired) electrons. The van der Waals surface area contributed by atoms with E-state index in [4.69, 9.17) is 0 Å². The van der Waals surface area contributed by atoms with Gasteiger partial charge in [-0.05, 0) is 122 Å². The van der Waals surface area contributed by atoms with Crippen molar-refractivity contribution in [2.45, 2.75) is 125 Å². The summed E-state index contributed by atoms with van der Waals surface area (Å²) in [6, 6.07) is 0. The fourth-order valence-electron chi connectivity index (χ4n) is 10.6. The molecule has 4 saturated carbocycles. The van der Waals surface area contributed by atoms with Crippen LogP contribution in [0, 0.1) is 50.7 Å². The average molecular weight is 459 g/mol. The molecule has 2 N–H and O–H groups in total. The van der Waals surface area contributed by atoms with Gasteiger partial charge in [0.2, 0.25) is 0 Å². The third-order valence-electron chi connectivity index (χ3n) is 13.0. The molecule has 0 amide bonds. The summed E-state index contributed by atoms with van der Waals surface area (Å²) in [4.78, 5) is 0. The maximum Gasteiger partial charge on any atom is 0.0594 e. The van der Waals surface area contributed by atoms with Crippen LogP contribution in [-0.2, 0) is 0 Å². The van der Waals surface area contributed by atoms with Crippen LogP contribution in [0.3, 0.4) is 0 Å². The lowest BCUT2D eigenvalue weighted by atomic mass is 9.36. The quantitative estimate of drug-likeness (QED) is 0.413. The Kier molecular flexibility index (Phi) is 6.52. The highest BCUT2D eigenvalue weighted by molar-refractivity contribution is 5.17. The highest BCUT2D eigenvalue weighted by atomic mass is 16.3. The molecule has 0 aromatic rings. The molecule has 4 aliphatic carbocycles. The molecule has 9 atom stereocenters. The van der Waals surface area contributed by atoms with Gasteiger partial charge in [0, 0.05) is 6.61 Å². The standard InChI is InChI=1S/C31H54O2/c1-9-10-25-29(7)14-13-26(33)27(4,5)24(29)12-15-30(25,8)28(6)17-18-31(20-32)16-11-22(21(2)3)23(31)19-28/h22-26,32-33H,2,9-20H2,1,3-8H3/t22-,23-,24-,25+,26-,28+,29-,30+,31+/m0/s1. The topological polar surface area (TPSA) is 40.5 Å². The van der Waals surface area contributed by atoms with Crippen LogP contribution in [0.4, 0.5) is 0 Å². The first-order valence-electron chi connectivity index (χ1n) is 14.3. The fraction of sp³-hybridized carbons (Fsp3) is 0.935. The Morgan fingerprint density at radius 1 is 0.939 bits per heavy atom. The van der Waals surface area contributed by atoms with Gasteiger partial charge >= 0.3 is 0 Å². The maximum atomic E-state index is 10.9. The molecule has 4 fully saturated rings. The predicted molar refractivity (Wildman–Crippen MR) is 139 cm³/mol. The third kappa shape index (κ3) is 3.54. The van der Waals surface area contributed by atoms with Gasteiger partial charge in [0.05, 0.1) is 6.10 Å². The predicted octanol–water partition coefficient (Wildman–Crippen LogP) is 7.78. The summed E-state index contributed by atoms with van der Waals surface area (Å²) in [6.45, 7) is 22.0. The zero-order chi connectivity index (χ0) is 24.4. The van der Waals surface area contributed by atoms with Gasteiger partial charge in [0.25, 0.3) is 0 Å². The Bertz CT molecular complexity index is 756. The fourth-order valence-corrected chi connectivity index (χ4v) is 10.6. The molecule has 0 unspecified atom stereocenters. The molecule has 4 rings (SSSR count). The summed E-state index contributed by atoms with van der Waals surface area (Å²) in [7, 11) is 0. The molecule has 0 aromatic heterocycles. The Morgan fingerprint density at radius 2 is 1.64 bits per heavy atom. The van der Waals surface area contributed by atoms with Crippen molar-refractivity contribution in [3.05, 3.63) is 12.2 Å². The van der Waals surface area contributed by atoms with E-state index >= 15 is 0 Å². The number of hydrogen-bond acceptors (Lipinski definition) is 2. The van der Waals surface area contributed by atoms with Gasteiger partial charge in [-0.3, -0.25) is 0 Å². The zero-order valence-electron chi connectivity index (χ0n) is 23.0. The highest BCUT2D eigenvalue weighted by Gasteiger charge is 2.66. The number of aliphatic hydroxyl groups is 2. The van der Waals surface area contributed by atoms with E-state index in [0.29, 0.717) is 46.5 Å². The van der Waals surface area contributed by atoms with Crippen molar-refractivity contribution >= 4 is 0 Å². The highest BCUT2D eigenvalue weighted by Crippen LogP contribution is 2.73. The number of aliphatic hydroxyl groups excluding tert-OH is 2. The van der Waals surface area contributed by atoms with Gasteiger partial charge in [-0.1, -0.05) is 60.1 Å². The van der Waals surface area contributed by atoms with E-state index in [1.807, 2.05) is 0 Å². The van der Waals surface area contributed by atoms with E-state index < -0.39 is 0 Å². The molecule has 0 saturated heterocycles. The molecule has 190 valence electrons. The molecule has 0 aromatic carbocycles. The van der Waals surface area contributed by atoms with E-state index in [-0.39, 0.29) is 16.9 Å². The van der Waals surface area contributed by atoms with Gasteiger partial charge in [-0.2, -0.15) is 0 Å².